The number of hydrogen-bond donors (Lipinski definition) is 1. The predicted octanol–water partition coefficient (Wildman–Crippen LogP) is 2.90. The van der Waals surface area contributed by atoms with E-state index in [-0.39, 0.29) is 0 Å². The molecule has 0 spiro atoms. The molecule has 15 heavy (non-hydrogen) atoms. The number of aryl methyl sites for hydroxylation is 2. The first-order valence-corrected chi connectivity index (χ1v) is 6.02. The van der Waals surface area contributed by atoms with E-state index in [1.165, 1.54) is 0 Å². The van der Waals surface area contributed by atoms with Gasteiger partial charge in [0.05, 0.1) is 5.69 Å². The van der Waals surface area contributed by atoms with Crippen molar-refractivity contribution in [3.63, 3.8) is 0 Å². The van der Waals surface area contributed by atoms with Crippen LogP contribution in [0.5, 0.6) is 5.75 Å². The van der Waals surface area contributed by atoms with E-state index in [1.807, 2.05) is 4.68 Å². The van der Waals surface area contributed by atoms with Crippen LogP contribution in [0.15, 0.2) is 0 Å². The number of rotatable bonds is 6. The van der Waals surface area contributed by atoms with Crippen LogP contribution in [0.25, 0.3) is 0 Å². The van der Waals surface area contributed by atoms with Gasteiger partial charge in [0.15, 0.2) is 5.75 Å². The van der Waals surface area contributed by atoms with E-state index in [2.05, 4.69) is 25.9 Å². The number of unbranched alkanes of at least 4 members (excludes halogenated alkanes) is 1. The fourth-order valence-corrected chi connectivity index (χ4v) is 1.80. The van der Waals surface area contributed by atoms with Crippen LogP contribution in [0, 0.1) is 0 Å². The van der Waals surface area contributed by atoms with Gasteiger partial charge in [0.1, 0.15) is 5.69 Å². The predicted molar refractivity (Wildman–Crippen MR) is 62.2 cm³/mol. The minimum Gasteiger partial charge on any atom is -0.504 e. The number of aromatic nitrogens is 2. The summed E-state index contributed by atoms with van der Waals surface area (Å²) in [6.45, 7) is 7.18. The van der Waals surface area contributed by atoms with E-state index in [1.54, 1.807) is 0 Å². The van der Waals surface area contributed by atoms with Crippen LogP contribution >= 0.6 is 0 Å². The van der Waals surface area contributed by atoms with Gasteiger partial charge in [-0.3, -0.25) is 4.68 Å². The van der Waals surface area contributed by atoms with E-state index in [4.69, 9.17) is 0 Å². The maximum absolute atomic E-state index is 10.0. The first-order chi connectivity index (χ1) is 7.24. The van der Waals surface area contributed by atoms with Crippen LogP contribution in [-0.2, 0) is 19.4 Å². The average Bonchev–Trinajstić information content (AvgIpc) is 2.54. The summed E-state index contributed by atoms with van der Waals surface area (Å²) in [5.41, 5.74) is 1.88. The molecule has 0 bridgehead atoms. The molecule has 0 atom stereocenters. The van der Waals surface area contributed by atoms with E-state index >= 15 is 0 Å². The Morgan fingerprint density at radius 2 is 1.87 bits per heavy atom. The SMILES string of the molecule is CCCCc1nn(CC)c(CCC)c1O. The normalized spacial score (nSPS) is 10.9. The fraction of sp³-hybridized carbons (Fsp3) is 0.750. The molecule has 1 aromatic rings. The summed E-state index contributed by atoms with van der Waals surface area (Å²) < 4.78 is 1.93. The van der Waals surface area contributed by atoms with Gasteiger partial charge in [-0.05, 0) is 26.2 Å². The van der Waals surface area contributed by atoms with Crippen molar-refractivity contribution < 1.29 is 5.11 Å². The average molecular weight is 210 g/mol. The molecule has 0 saturated heterocycles. The number of aromatic hydroxyl groups is 1. The molecule has 0 aromatic carbocycles. The third-order valence-corrected chi connectivity index (χ3v) is 2.65. The highest BCUT2D eigenvalue weighted by Gasteiger charge is 2.14. The maximum atomic E-state index is 10.0. The lowest BCUT2D eigenvalue weighted by Crippen LogP contribution is -2.02. The molecule has 3 nitrogen and oxygen atoms in total. The molecule has 1 heterocycles. The summed E-state index contributed by atoms with van der Waals surface area (Å²) in [6.07, 6.45) is 5.10. The Hall–Kier alpha value is -0.990. The van der Waals surface area contributed by atoms with Gasteiger partial charge in [-0.1, -0.05) is 26.7 Å². The summed E-state index contributed by atoms with van der Waals surface area (Å²) in [7, 11) is 0. The molecule has 3 heteroatoms. The summed E-state index contributed by atoms with van der Waals surface area (Å²) in [5.74, 6) is 0.437. The second-order valence-corrected chi connectivity index (χ2v) is 3.91. The van der Waals surface area contributed by atoms with Crippen LogP contribution < -0.4 is 0 Å². The minimum absolute atomic E-state index is 0.437. The molecule has 0 aliphatic heterocycles. The van der Waals surface area contributed by atoms with E-state index < -0.39 is 0 Å². The van der Waals surface area contributed by atoms with Gasteiger partial charge in [0, 0.05) is 6.54 Å². The molecule has 1 aromatic heterocycles. The first kappa shape index (κ1) is 12.1. The van der Waals surface area contributed by atoms with Crippen LogP contribution in [0.2, 0.25) is 0 Å². The van der Waals surface area contributed by atoms with Crippen LogP contribution in [0.3, 0.4) is 0 Å². The van der Waals surface area contributed by atoms with Gasteiger partial charge in [-0.25, -0.2) is 0 Å². The second kappa shape index (κ2) is 5.79. The van der Waals surface area contributed by atoms with Crippen molar-refractivity contribution in [2.45, 2.75) is 59.4 Å². The standard InChI is InChI=1S/C12H22N2O/c1-4-7-9-10-12(15)11(8-5-2)14(6-3)13-10/h15H,4-9H2,1-3H3. The second-order valence-electron chi connectivity index (χ2n) is 3.91. The molecular weight excluding hydrogens is 188 g/mol. The molecule has 0 saturated carbocycles. The lowest BCUT2D eigenvalue weighted by Gasteiger charge is -2.02. The molecule has 1 N–H and O–H groups in total. The third kappa shape index (κ3) is 2.74. The molecular formula is C12H22N2O. The van der Waals surface area contributed by atoms with Gasteiger partial charge in [0.25, 0.3) is 0 Å². The molecule has 0 unspecified atom stereocenters. The highest BCUT2D eigenvalue weighted by Crippen LogP contribution is 2.24. The quantitative estimate of drug-likeness (QED) is 0.784. The smallest absolute Gasteiger partial charge is 0.160 e. The fourth-order valence-electron chi connectivity index (χ4n) is 1.80. The lowest BCUT2D eigenvalue weighted by atomic mass is 10.1. The molecule has 0 fully saturated rings. The van der Waals surface area contributed by atoms with Crippen molar-refractivity contribution in [3.05, 3.63) is 11.4 Å². The Labute approximate surface area is 92.1 Å². The van der Waals surface area contributed by atoms with Crippen LogP contribution in [0.4, 0.5) is 0 Å². The van der Waals surface area contributed by atoms with Crippen molar-refractivity contribution >= 4 is 0 Å². The minimum atomic E-state index is 0.437. The number of hydrogen-bond acceptors (Lipinski definition) is 2. The molecule has 0 radical (unpaired) electrons. The van der Waals surface area contributed by atoms with Crippen LogP contribution in [0.1, 0.15) is 51.4 Å². The summed E-state index contributed by atoms with van der Waals surface area (Å²) in [6, 6.07) is 0. The van der Waals surface area contributed by atoms with E-state index in [0.717, 1.165) is 50.0 Å². The Balaban J connectivity index is 2.88. The van der Waals surface area contributed by atoms with Crippen molar-refractivity contribution in [1.29, 1.82) is 0 Å². The Morgan fingerprint density at radius 3 is 2.40 bits per heavy atom. The highest BCUT2D eigenvalue weighted by molar-refractivity contribution is 5.32. The molecule has 1 rings (SSSR count). The van der Waals surface area contributed by atoms with Crippen molar-refractivity contribution in [2.24, 2.45) is 0 Å². The van der Waals surface area contributed by atoms with Crippen LogP contribution in [-0.4, -0.2) is 14.9 Å². The van der Waals surface area contributed by atoms with Gasteiger partial charge < -0.3 is 5.11 Å². The van der Waals surface area contributed by atoms with Gasteiger partial charge in [-0.2, -0.15) is 5.10 Å². The number of nitrogens with zero attached hydrogens (tertiary/aromatic N) is 2. The summed E-state index contributed by atoms with van der Waals surface area (Å²) in [4.78, 5) is 0. The molecule has 0 aliphatic carbocycles. The first-order valence-electron chi connectivity index (χ1n) is 6.02. The molecule has 0 amide bonds. The van der Waals surface area contributed by atoms with Gasteiger partial charge in [0.2, 0.25) is 0 Å². The lowest BCUT2D eigenvalue weighted by molar-refractivity contribution is 0.457. The zero-order chi connectivity index (χ0) is 11.3. The Morgan fingerprint density at radius 1 is 1.13 bits per heavy atom. The van der Waals surface area contributed by atoms with Gasteiger partial charge in [-0.15, -0.1) is 0 Å². The maximum Gasteiger partial charge on any atom is 0.160 e. The van der Waals surface area contributed by atoms with E-state index in [0.29, 0.717) is 5.75 Å². The van der Waals surface area contributed by atoms with Gasteiger partial charge >= 0.3 is 0 Å². The largest absolute Gasteiger partial charge is 0.504 e. The zero-order valence-electron chi connectivity index (χ0n) is 10.1. The van der Waals surface area contributed by atoms with Crippen molar-refractivity contribution in [1.82, 2.24) is 9.78 Å². The highest BCUT2D eigenvalue weighted by atomic mass is 16.3. The summed E-state index contributed by atoms with van der Waals surface area (Å²) in [5, 5.41) is 14.5. The summed E-state index contributed by atoms with van der Waals surface area (Å²) >= 11 is 0. The molecule has 0 aliphatic rings. The Bertz CT molecular complexity index is 305. The zero-order valence-corrected chi connectivity index (χ0v) is 10.1. The molecule has 86 valence electrons. The van der Waals surface area contributed by atoms with Crippen molar-refractivity contribution in [3.8, 4) is 5.75 Å². The van der Waals surface area contributed by atoms with E-state index in [9.17, 15) is 5.11 Å². The topological polar surface area (TPSA) is 38.0 Å². The monoisotopic (exact) mass is 210 g/mol. The third-order valence-electron chi connectivity index (χ3n) is 2.65. The Kier molecular flexibility index (Phi) is 4.66. The van der Waals surface area contributed by atoms with Crippen molar-refractivity contribution in [2.75, 3.05) is 0 Å².